The maximum atomic E-state index is 6.16. The van der Waals surface area contributed by atoms with Crippen molar-refractivity contribution in [3.05, 3.63) is 71.2 Å². The van der Waals surface area contributed by atoms with Crippen molar-refractivity contribution < 1.29 is 9.47 Å². The smallest absolute Gasteiger partial charge is 0.234 e. The van der Waals surface area contributed by atoms with Crippen LogP contribution in [0.25, 0.3) is 0 Å². The maximum absolute atomic E-state index is 6.16. The van der Waals surface area contributed by atoms with Crippen molar-refractivity contribution in [1.82, 2.24) is 15.3 Å². The Labute approximate surface area is 234 Å². The summed E-state index contributed by atoms with van der Waals surface area (Å²) >= 11 is 11.9. The third-order valence-corrected chi connectivity index (χ3v) is 7.85. The van der Waals surface area contributed by atoms with E-state index in [-0.39, 0.29) is 5.41 Å². The maximum Gasteiger partial charge on any atom is 0.234 e. The van der Waals surface area contributed by atoms with Gasteiger partial charge in [0.2, 0.25) is 11.8 Å². The molecule has 0 aliphatic carbocycles. The van der Waals surface area contributed by atoms with Crippen LogP contribution in [0.15, 0.2) is 60.7 Å². The number of anilines is 2. The van der Waals surface area contributed by atoms with E-state index < -0.39 is 0 Å². The molecule has 1 atom stereocenters. The van der Waals surface area contributed by atoms with Gasteiger partial charge < -0.3 is 25.0 Å². The Balaban J connectivity index is 1.33. The van der Waals surface area contributed by atoms with Crippen molar-refractivity contribution in [2.75, 3.05) is 43.1 Å². The van der Waals surface area contributed by atoms with Crippen LogP contribution in [-0.4, -0.2) is 47.9 Å². The Morgan fingerprint density at radius 3 is 2.63 bits per heavy atom. The number of rotatable bonds is 7. The second-order valence-electron chi connectivity index (χ2n) is 10.2. The summed E-state index contributed by atoms with van der Waals surface area (Å²) in [5.74, 6) is 3.06. The van der Waals surface area contributed by atoms with E-state index >= 15 is 0 Å². The van der Waals surface area contributed by atoms with Gasteiger partial charge in [0.1, 0.15) is 11.6 Å². The molecule has 2 saturated heterocycles. The van der Waals surface area contributed by atoms with Gasteiger partial charge in [-0.2, -0.15) is 9.97 Å². The average Bonchev–Trinajstić information content (AvgIpc) is 2.93. The minimum Gasteiger partial charge on any atom is -0.439 e. The fourth-order valence-corrected chi connectivity index (χ4v) is 5.51. The van der Waals surface area contributed by atoms with Gasteiger partial charge >= 0.3 is 0 Å². The molecule has 200 valence electrons. The molecule has 0 bridgehead atoms. The summed E-state index contributed by atoms with van der Waals surface area (Å²) in [6, 6.07) is 19.7. The Morgan fingerprint density at radius 2 is 1.89 bits per heavy atom. The summed E-state index contributed by atoms with van der Waals surface area (Å²) in [5.41, 5.74) is 1.14. The molecule has 0 radical (unpaired) electrons. The molecule has 2 fully saturated rings. The third-order valence-electron chi connectivity index (χ3n) is 7.35. The van der Waals surface area contributed by atoms with Crippen molar-refractivity contribution >= 4 is 40.7 Å². The molecule has 2 aliphatic rings. The zero-order valence-electron chi connectivity index (χ0n) is 21.7. The van der Waals surface area contributed by atoms with Crippen LogP contribution in [0.3, 0.4) is 0 Å². The van der Waals surface area contributed by atoms with E-state index in [9.17, 15) is 0 Å². The predicted octanol–water partition coefficient (Wildman–Crippen LogP) is 6.19. The highest BCUT2D eigenvalue weighted by molar-refractivity contribution is 7.80. The molecule has 7 nitrogen and oxygen atoms in total. The van der Waals surface area contributed by atoms with Gasteiger partial charge in [-0.05, 0) is 73.6 Å². The van der Waals surface area contributed by atoms with Crippen molar-refractivity contribution in [3.8, 4) is 11.6 Å². The average molecular weight is 552 g/mol. The number of para-hydroxylation sites is 1. The lowest BCUT2D eigenvalue weighted by molar-refractivity contribution is 0.0515. The van der Waals surface area contributed by atoms with Crippen molar-refractivity contribution in [2.24, 2.45) is 5.92 Å². The molecule has 5 rings (SSSR count). The molecule has 9 heteroatoms. The van der Waals surface area contributed by atoms with E-state index in [4.69, 9.17) is 38.3 Å². The number of ether oxygens (including phenoxy) is 2. The Morgan fingerprint density at radius 1 is 1.13 bits per heavy atom. The largest absolute Gasteiger partial charge is 0.439 e. The quantitative estimate of drug-likeness (QED) is 0.337. The number of hydrogen-bond donors (Lipinski definition) is 2. The monoisotopic (exact) mass is 551 g/mol. The molecule has 0 spiro atoms. The van der Waals surface area contributed by atoms with E-state index in [1.165, 1.54) is 12.0 Å². The fourth-order valence-electron chi connectivity index (χ4n) is 5.22. The van der Waals surface area contributed by atoms with Crippen LogP contribution in [0.4, 0.5) is 11.8 Å². The van der Waals surface area contributed by atoms with Crippen LogP contribution in [0.2, 0.25) is 5.02 Å². The number of halogens is 1. The number of benzene rings is 2. The number of thiocarbonyl (C=S) groups is 1. The number of piperidine rings is 1. The molecule has 1 aromatic heterocycles. The predicted molar refractivity (Wildman–Crippen MR) is 157 cm³/mol. The van der Waals surface area contributed by atoms with E-state index in [1.54, 1.807) is 0 Å². The first-order valence-corrected chi connectivity index (χ1v) is 14.0. The molecule has 0 amide bonds. The van der Waals surface area contributed by atoms with Crippen LogP contribution >= 0.6 is 23.8 Å². The molecule has 2 aromatic carbocycles. The van der Waals surface area contributed by atoms with E-state index in [0.29, 0.717) is 42.6 Å². The Bertz CT molecular complexity index is 1220. The van der Waals surface area contributed by atoms with Crippen LogP contribution < -0.4 is 20.3 Å². The third kappa shape index (κ3) is 6.73. The number of aromatic nitrogens is 2. The second-order valence-corrected chi connectivity index (χ2v) is 11.0. The topological polar surface area (TPSA) is 71.5 Å². The van der Waals surface area contributed by atoms with E-state index in [2.05, 4.69) is 39.6 Å². The number of nitrogens with zero attached hydrogens (tertiary/aromatic N) is 3. The standard InChI is InChI=1S/C29H34ClN5O2S/c1-21-6-5-15-35(19-21)25-18-26(37-24-7-3-2-4-8-24)33-27(32-25)34-28(38)31-20-29(13-16-36-17-14-29)22-9-11-23(30)12-10-22/h2-4,7-12,18,21H,5-6,13-17,19-20H2,1H3,(H2,31,32,33,34,38)/t21-/m1/s1. The first-order valence-electron chi connectivity index (χ1n) is 13.2. The Kier molecular flexibility index (Phi) is 8.61. The van der Waals surface area contributed by atoms with Gasteiger partial charge in [0.15, 0.2) is 5.11 Å². The molecule has 2 N–H and O–H groups in total. The summed E-state index contributed by atoms with van der Waals surface area (Å²) in [7, 11) is 0. The molecule has 3 aromatic rings. The highest BCUT2D eigenvalue weighted by Gasteiger charge is 2.34. The molecule has 38 heavy (non-hydrogen) atoms. The van der Waals surface area contributed by atoms with Gasteiger partial charge in [-0.15, -0.1) is 0 Å². The van der Waals surface area contributed by atoms with Crippen LogP contribution in [0.5, 0.6) is 11.6 Å². The van der Waals surface area contributed by atoms with Gasteiger partial charge in [-0.3, -0.25) is 0 Å². The van der Waals surface area contributed by atoms with Crippen molar-refractivity contribution in [2.45, 2.75) is 38.0 Å². The van der Waals surface area contributed by atoms with Gasteiger partial charge in [0.05, 0.1) is 0 Å². The van der Waals surface area contributed by atoms with Crippen LogP contribution in [0, 0.1) is 5.92 Å². The molecule has 0 saturated carbocycles. The van der Waals surface area contributed by atoms with Crippen molar-refractivity contribution in [3.63, 3.8) is 0 Å². The minimum absolute atomic E-state index is 0.0944. The van der Waals surface area contributed by atoms with Crippen molar-refractivity contribution in [1.29, 1.82) is 0 Å². The number of hydrogen-bond acceptors (Lipinski definition) is 6. The molecule has 0 unspecified atom stereocenters. The zero-order valence-corrected chi connectivity index (χ0v) is 23.2. The highest BCUT2D eigenvalue weighted by Crippen LogP contribution is 2.35. The summed E-state index contributed by atoms with van der Waals surface area (Å²) in [6.07, 6.45) is 4.17. The summed E-state index contributed by atoms with van der Waals surface area (Å²) in [4.78, 5) is 11.7. The highest BCUT2D eigenvalue weighted by atomic mass is 35.5. The summed E-state index contributed by atoms with van der Waals surface area (Å²) < 4.78 is 11.8. The van der Waals surface area contributed by atoms with Crippen LogP contribution in [0.1, 0.15) is 38.2 Å². The lowest BCUT2D eigenvalue weighted by atomic mass is 9.74. The second kappa shape index (κ2) is 12.3. The normalized spacial score (nSPS) is 19.0. The van der Waals surface area contributed by atoms with Gasteiger partial charge in [-0.1, -0.05) is 48.9 Å². The molecule has 2 aliphatic heterocycles. The van der Waals surface area contributed by atoms with E-state index in [1.807, 2.05) is 48.5 Å². The SMILES string of the molecule is C[C@@H]1CCCN(c2cc(Oc3ccccc3)nc(NC(=S)NCC3(c4ccc(Cl)cc4)CCOCC3)n2)C1. The summed E-state index contributed by atoms with van der Waals surface area (Å²) in [5, 5.41) is 7.85. The lowest BCUT2D eigenvalue weighted by Gasteiger charge is -2.38. The molecule has 3 heterocycles. The summed E-state index contributed by atoms with van der Waals surface area (Å²) in [6.45, 7) is 6.28. The Hall–Kier alpha value is -2.94. The lowest BCUT2D eigenvalue weighted by Crippen LogP contribution is -2.45. The van der Waals surface area contributed by atoms with Gasteiger partial charge in [-0.25, -0.2) is 0 Å². The fraction of sp³-hybridized carbons (Fsp3) is 0.414. The van der Waals surface area contributed by atoms with E-state index in [0.717, 1.165) is 48.9 Å². The van der Waals surface area contributed by atoms with Gasteiger partial charge in [0, 0.05) is 49.4 Å². The molecular weight excluding hydrogens is 518 g/mol. The first kappa shape index (κ1) is 26.7. The number of nitrogens with one attached hydrogen (secondary N) is 2. The first-order chi connectivity index (χ1) is 18.5. The molecular formula is C29H34ClN5O2S. The zero-order chi connectivity index (χ0) is 26.4. The minimum atomic E-state index is -0.0944. The van der Waals surface area contributed by atoms with Gasteiger partial charge in [0.25, 0.3) is 0 Å². The van der Waals surface area contributed by atoms with Crippen LogP contribution in [-0.2, 0) is 10.2 Å².